The highest BCUT2D eigenvalue weighted by atomic mass is 19.1. The van der Waals surface area contributed by atoms with E-state index in [9.17, 15) is 23.6 Å². The molecule has 4 amide bonds. The van der Waals surface area contributed by atoms with Crippen molar-refractivity contribution in [3.05, 3.63) is 101 Å². The number of hydrogen-bond donors (Lipinski definition) is 4. The standard InChI is InChI=1S/C23H26FN5O3.C22H25N5O4.CH4/c1-5-14-11-15(21(24)18(12-14)32-4)7-8-17-20(22(25)31)23(26-3)29(27-17)16-9-10-28(13-16)19(30)6-2;1-5-19(28)26-9-8-15(13-26)27-22(24-2)20(21(23)29)18(25-27)7-6-14-10-16(30-3)12-17(11-14)31-4;/h6,11-12,16,26H,2,5,9-10,13H2,1,3-4H3,(H2,25,31);5,10-12,15,24H,1,8-9,13H2,2-4H3,(H2,23,29);1H4/t16-;15-;/m00./s1. The number of aromatic nitrogens is 4. The van der Waals surface area contributed by atoms with E-state index in [0.29, 0.717) is 74.1 Å². The number of nitrogens with zero attached hydrogens (tertiary/aromatic N) is 6. The number of benzene rings is 2. The van der Waals surface area contributed by atoms with Crippen LogP contribution in [0.2, 0.25) is 0 Å². The molecule has 2 atom stereocenters. The summed E-state index contributed by atoms with van der Waals surface area (Å²) >= 11 is 0. The summed E-state index contributed by atoms with van der Waals surface area (Å²) in [7, 11) is 7.84. The molecule has 2 aromatic heterocycles. The van der Waals surface area contributed by atoms with Crippen molar-refractivity contribution < 1.29 is 37.8 Å². The molecule has 2 aliphatic heterocycles. The third-order valence-corrected chi connectivity index (χ3v) is 10.5. The highest BCUT2D eigenvalue weighted by molar-refractivity contribution is 6.00. The molecule has 338 valence electrons. The zero-order valence-corrected chi connectivity index (χ0v) is 36.1. The summed E-state index contributed by atoms with van der Waals surface area (Å²) < 4.78 is 33.6. The van der Waals surface area contributed by atoms with Crippen molar-refractivity contribution in [2.45, 2.75) is 45.7 Å². The van der Waals surface area contributed by atoms with Crippen LogP contribution in [0.1, 0.15) is 88.1 Å². The molecule has 64 heavy (non-hydrogen) atoms. The lowest BCUT2D eigenvalue weighted by molar-refractivity contribution is -0.125. The van der Waals surface area contributed by atoms with E-state index in [1.165, 1.54) is 19.3 Å². The van der Waals surface area contributed by atoms with E-state index in [0.717, 1.165) is 5.56 Å². The zero-order chi connectivity index (χ0) is 46.0. The van der Waals surface area contributed by atoms with Crippen LogP contribution in [-0.4, -0.2) is 115 Å². The van der Waals surface area contributed by atoms with E-state index < -0.39 is 17.6 Å². The fraction of sp³-hybridized carbons (Fsp3) is 0.348. The summed E-state index contributed by atoms with van der Waals surface area (Å²) in [5.74, 6) is 11.5. The average Bonchev–Trinajstić information content (AvgIpc) is 4.12. The first-order valence-electron chi connectivity index (χ1n) is 19.9. The van der Waals surface area contributed by atoms with Crippen LogP contribution in [0.5, 0.6) is 17.2 Å². The molecule has 0 radical (unpaired) electrons. The van der Waals surface area contributed by atoms with Gasteiger partial charge >= 0.3 is 0 Å². The number of nitrogens with two attached hydrogens (primary N) is 2. The molecule has 2 saturated heterocycles. The normalized spacial score (nSPS) is 14.9. The van der Waals surface area contributed by atoms with Crippen molar-refractivity contribution in [3.8, 4) is 40.9 Å². The van der Waals surface area contributed by atoms with E-state index >= 15 is 0 Å². The Kier molecular flexibility index (Phi) is 16.7. The van der Waals surface area contributed by atoms with Gasteiger partial charge in [-0.25, -0.2) is 13.8 Å². The van der Waals surface area contributed by atoms with Crippen molar-refractivity contribution in [3.63, 3.8) is 0 Å². The number of primary amides is 2. The largest absolute Gasteiger partial charge is 0.497 e. The van der Waals surface area contributed by atoms with Crippen LogP contribution in [0.15, 0.2) is 55.6 Å². The number of hydrogen-bond acceptors (Lipinski definition) is 11. The summed E-state index contributed by atoms with van der Waals surface area (Å²) in [6.07, 6.45) is 4.57. The lowest BCUT2D eigenvalue weighted by Gasteiger charge is -2.16. The molecule has 6 N–H and O–H groups in total. The van der Waals surface area contributed by atoms with Gasteiger partial charge in [0.1, 0.15) is 34.3 Å². The second kappa shape index (κ2) is 21.9. The number of ether oxygens (including phenoxy) is 3. The third kappa shape index (κ3) is 10.6. The number of aryl methyl sites for hydroxylation is 1. The maximum absolute atomic E-state index is 14.7. The van der Waals surface area contributed by atoms with Crippen molar-refractivity contribution in [1.29, 1.82) is 0 Å². The van der Waals surface area contributed by atoms with Crippen LogP contribution in [0.4, 0.5) is 16.0 Å². The van der Waals surface area contributed by atoms with E-state index in [2.05, 4.69) is 57.7 Å². The molecule has 4 heterocycles. The monoisotopic (exact) mass is 878 g/mol. The van der Waals surface area contributed by atoms with Crippen molar-refractivity contribution in [2.24, 2.45) is 11.5 Å². The summed E-state index contributed by atoms with van der Waals surface area (Å²) in [6.45, 7) is 11.0. The summed E-state index contributed by atoms with van der Waals surface area (Å²) in [6, 6.07) is 8.23. The Labute approximate surface area is 372 Å². The fourth-order valence-electron chi connectivity index (χ4n) is 7.30. The summed E-state index contributed by atoms with van der Waals surface area (Å²) in [5.41, 5.74) is 13.6. The Morgan fingerprint density at radius 3 is 1.62 bits per heavy atom. The zero-order valence-electron chi connectivity index (χ0n) is 36.1. The summed E-state index contributed by atoms with van der Waals surface area (Å²) in [5, 5.41) is 15.0. The molecule has 4 aromatic rings. The number of amides is 4. The first kappa shape index (κ1) is 48.9. The molecule has 0 spiro atoms. The Morgan fingerprint density at radius 2 is 1.23 bits per heavy atom. The average molecular weight is 879 g/mol. The third-order valence-electron chi connectivity index (χ3n) is 10.5. The lowest BCUT2D eigenvalue weighted by Crippen LogP contribution is -2.27. The molecule has 0 bridgehead atoms. The van der Waals surface area contributed by atoms with Gasteiger partial charge in [-0.05, 0) is 73.1 Å². The number of carbonyl (C=O) groups excluding carboxylic acids is 4. The number of carbonyl (C=O) groups is 4. The fourth-order valence-corrected chi connectivity index (χ4v) is 7.30. The van der Waals surface area contributed by atoms with E-state index in [1.807, 2.05) is 6.92 Å². The Morgan fingerprint density at radius 1 is 0.766 bits per heavy atom. The Hall–Kier alpha value is -7.73. The van der Waals surface area contributed by atoms with Crippen LogP contribution in [-0.2, 0) is 16.0 Å². The quantitative estimate of drug-likeness (QED) is 0.117. The minimum atomic E-state index is -0.706. The maximum Gasteiger partial charge on any atom is 0.255 e. The number of methoxy groups -OCH3 is 3. The second-order valence-electron chi connectivity index (χ2n) is 14.2. The van der Waals surface area contributed by atoms with E-state index in [4.69, 9.17) is 25.7 Å². The number of anilines is 2. The van der Waals surface area contributed by atoms with Crippen LogP contribution >= 0.6 is 0 Å². The van der Waals surface area contributed by atoms with Gasteiger partial charge in [-0.1, -0.05) is 39.3 Å². The number of likely N-dealkylation sites (tertiary alicyclic amines) is 2. The predicted molar refractivity (Wildman–Crippen MR) is 242 cm³/mol. The number of nitrogens with one attached hydrogen (secondary N) is 2. The minimum Gasteiger partial charge on any atom is -0.497 e. The van der Waals surface area contributed by atoms with Crippen molar-refractivity contribution in [1.82, 2.24) is 29.4 Å². The van der Waals surface area contributed by atoms with Gasteiger partial charge < -0.3 is 46.1 Å². The first-order valence-corrected chi connectivity index (χ1v) is 19.9. The molecular weight excluding hydrogens is 824 g/mol. The molecule has 0 aliphatic carbocycles. The molecule has 2 aliphatic rings. The summed E-state index contributed by atoms with van der Waals surface area (Å²) in [4.78, 5) is 51.6. The second-order valence-corrected chi connectivity index (χ2v) is 14.2. The maximum atomic E-state index is 14.7. The molecular formula is C46H55FN10O7. The number of halogens is 1. The first-order chi connectivity index (χ1) is 30.2. The highest BCUT2D eigenvalue weighted by Crippen LogP contribution is 2.31. The van der Waals surface area contributed by atoms with Crippen LogP contribution in [0.3, 0.4) is 0 Å². The highest BCUT2D eigenvalue weighted by Gasteiger charge is 2.33. The van der Waals surface area contributed by atoms with Crippen molar-refractivity contribution >= 4 is 35.3 Å². The van der Waals surface area contributed by atoms with Crippen LogP contribution in [0.25, 0.3) is 0 Å². The van der Waals surface area contributed by atoms with Gasteiger partial charge in [0.05, 0.1) is 39.0 Å². The minimum absolute atomic E-state index is 0. The smallest absolute Gasteiger partial charge is 0.255 e. The Bertz CT molecular complexity index is 2540. The van der Waals surface area contributed by atoms with Gasteiger partial charge in [0.2, 0.25) is 11.8 Å². The predicted octanol–water partition coefficient (Wildman–Crippen LogP) is 4.13. The van der Waals surface area contributed by atoms with Gasteiger partial charge in [-0.2, -0.15) is 10.2 Å². The van der Waals surface area contributed by atoms with Gasteiger partial charge in [0.25, 0.3) is 11.8 Å². The molecule has 18 heteroatoms. The van der Waals surface area contributed by atoms with E-state index in [1.54, 1.807) is 77.8 Å². The van der Waals surface area contributed by atoms with Crippen LogP contribution < -0.4 is 36.3 Å². The Balaban J connectivity index is 0.000000276. The number of rotatable bonds is 12. The SMILES string of the molecule is C.C=CC(=O)N1CC[C@H](n2nc(C#Cc3cc(CC)cc(OC)c3F)c(C(N)=O)c2NC)C1.C=CC(=O)N1CC[C@H](n2nc(C#Cc3cc(OC)cc(OC)c3)c(C(N)=O)c2NC)C1. The molecule has 0 unspecified atom stereocenters. The van der Waals surface area contributed by atoms with Crippen LogP contribution in [0, 0.1) is 29.5 Å². The van der Waals surface area contributed by atoms with Gasteiger partial charge in [-0.3, -0.25) is 19.2 Å². The van der Waals surface area contributed by atoms with Gasteiger partial charge in [0, 0.05) is 51.9 Å². The van der Waals surface area contributed by atoms with Gasteiger partial charge in [-0.15, -0.1) is 0 Å². The van der Waals surface area contributed by atoms with Gasteiger partial charge in [0.15, 0.2) is 23.0 Å². The molecule has 6 rings (SSSR count). The molecule has 17 nitrogen and oxygen atoms in total. The molecule has 2 aromatic carbocycles. The molecule has 2 fully saturated rings. The molecule has 0 saturated carbocycles. The van der Waals surface area contributed by atoms with E-state index in [-0.39, 0.29) is 65.2 Å². The lowest BCUT2D eigenvalue weighted by atomic mass is 10.1. The topological polar surface area (TPSA) is 214 Å². The van der Waals surface area contributed by atoms with Crippen molar-refractivity contribution in [2.75, 3.05) is 72.2 Å².